The summed E-state index contributed by atoms with van der Waals surface area (Å²) in [5, 5.41) is 17.5. The van der Waals surface area contributed by atoms with Crippen LogP contribution in [-0.2, 0) is 16.6 Å². The van der Waals surface area contributed by atoms with Gasteiger partial charge in [-0.3, -0.25) is 0 Å². The smallest absolute Gasteiger partial charge is 0.238 e. The summed E-state index contributed by atoms with van der Waals surface area (Å²) in [6.07, 6.45) is 0. The van der Waals surface area contributed by atoms with E-state index in [0.29, 0.717) is 12.2 Å². The number of hydrogen-bond donors (Lipinski definition) is 3. The zero-order chi connectivity index (χ0) is 14.8. The largest absolute Gasteiger partial charge is 0.508 e. The van der Waals surface area contributed by atoms with Gasteiger partial charge in [-0.2, -0.15) is 0 Å². The Morgan fingerprint density at radius 3 is 2.40 bits per heavy atom. The van der Waals surface area contributed by atoms with Crippen LogP contribution in [0.25, 0.3) is 0 Å². The van der Waals surface area contributed by atoms with Crippen LogP contribution < -0.4 is 10.5 Å². The quantitative estimate of drug-likeness (QED) is 0.803. The molecular formula is C14H16N2O3S. The fourth-order valence-electron chi connectivity index (χ4n) is 1.78. The summed E-state index contributed by atoms with van der Waals surface area (Å²) in [4.78, 5) is 0.0799. The van der Waals surface area contributed by atoms with E-state index in [1.54, 1.807) is 30.3 Å². The van der Waals surface area contributed by atoms with E-state index >= 15 is 0 Å². The minimum atomic E-state index is -3.70. The first-order valence-electron chi connectivity index (χ1n) is 6.01. The predicted octanol–water partition coefficient (Wildman–Crippen LogP) is 1.96. The topological polar surface area (TPSA) is 92.4 Å². The second kappa shape index (κ2) is 5.52. The first kappa shape index (κ1) is 14.4. The molecule has 6 heteroatoms. The average Bonchev–Trinajstić information content (AvgIpc) is 2.38. The van der Waals surface area contributed by atoms with Crippen molar-refractivity contribution in [3.63, 3.8) is 0 Å². The van der Waals surface area contributed by atoms with Crippen LogP contribution in [0.5, 0.6) is 5.75 Å². The van der Waals surface area contributed by atoms with Crippen molar-refractivity contribution >= 4 is 15.7 Å². The SMILES string of the molecule is Cc1ccc(S(N)(=O)=O)cc1NCc1ccc(O)cc1. The van der Waals surface area contributed by atoms with E-state index < -0.39 is 10.0 Å². The minimum absolute atomic E-state index is 0.0799. The molecule has 0 aliphatic heterocycles. The van der Waals surface area contributed by atoms with Gasteiger partial charge in [0.1, 0.15) is 5.75 Å². The van der Waals surface area contributed by atoms with Crippen LogP contribution in [0.15, 0.2) is 47.4 Å². The third-order valence-electron chi connectivity index (χ3n) is 2.96. The van der Waals surface area contributed by atoms with Crippen molar-refractivity contribution in [1.82, 2.24) is 0 Å². The van der Waals surface area contributed by atoms with Crippen LogP contribution in [-0.4, -0.2) is 13.5 Å². The Hall–Kier alpha value is -2.05. The van der Waals surface area contributed by atoms with Gasteiger partial charge in [-0.15, -0.1) is 0 Å². The fraction of sp³-hybridized carbons (Fsp3) is 0.143. The lowest BCUT2D eigenvalue weighted by Gasteiger charge is -2.11. The second-order valence-electron chi connectivity index (χ2n) is 4.54. The molecule has 0 radical (unpaired) electrons. The number of benzene rings is 2. The molecule has 2 aromatic rings. The lowest BCUT2D eigenvalue weighted by molar-refractivity contribution is 0.475. The molecule has 0 aliphatic carbocycles. The zero-order valence-electron chi connectivity index (χ0n) is 11.0. The van der Waals surface area contributed by atoms with E-state index in [9.17, 15) is 13.5 Å². The number of nitrogens with two attached hydrogens (primary N) is 1. The standard InChI is InChI=1S/C14H16N2O3S/c1-10-2-7-13(20(15,18)19)8-14(10)16-9-11-3-5-12(17)6-4-11/h2-8,16-17H,9H2,1H3,(H2,15,18,19). The van der Waals surface area contributed by atoms with Gasteiger partial charge in [-0.05, 0) is 42.3 Å². The van der Waals surface area contributed by atoms with Crippen molar-refractivity contribution < 1.29 is 13.5 Å². The Balaban J connectivity index is 2.19. The zero-order valence-corrected chi connectivity index (χ0v) is 11.8. The predicted molar refractivity (Wildman–Crippen MR) is 78.0 cm³/mol. The molecule has 2 rings (SSSR count). The monoisotopic (exact) mass is 292 g/mol. The molecule has 20 heavy (non-hydrogen) atoms. The molecule has 0 aliphatic rings. The van der Waals surface area contributed by atoms with Gasteiger partial charge >= 0.3 is 0 Å². The summed E-state index contributed by atoms with van der Waals surface area (Å²) in [6.45, 7) is 2.40. The highest BCUT2D eigenvalue weighted by molar-refractivity contribution is 7.89. The maximum absolute atomic E-state index is 11.3. The summed E-state index contributed by atoms with van der Waals surface area (Å²) in [6, 6.07) is 11.5. The summed E-state index contributed by atoms with van der Waals surface area (Å²) in [7, 11) is -3.70. The van der Waals surface area contributed by atoms with E-state index in [2.05, 4.69) is 5.32 Å². The minimum Gasteiger partial charge on any atom is -0.508 e. The number of phenolic OH excluding ortho intramolecular Hbond substituents is 1. The summed E-state index contributed by atoms with van der Waals surface area (Å²) in [5.74, 6) is 0.209. The van der Waals surface area contributed by atoms with Crippen molar-refractivity contribution in [2.45, 2.75) is 18.4 Å². The molecule has 0 aromatic heterocycles. The highest BCUT2D eigenvalue weighted by Crippen LogP contribution is 2.20. The van der Waals surface area contributed by atoms with Crippen LogP contribution >= 0.6 is 0 Å². The van der Waals surface area contributed by atoms with E-state index in [-0.39, 0.29) is 10.6 Å². The molecule has 106 valence electrons. The van der Waals surface area contributed by atoms with Gasteiger partial charge in [0, 0.05) is 12.2 Å². The average molecular weight is 292 g/mol. The number of sulfonamides is 1. The van der Waals surface area contributed by atoms with Crippen molar-refractivity contribution in [1.29, 1.82) is 0 Å². The molecule has 0 saturated carbocycles. The third-order valence-corrected chi connectivity index (χ3v) is 3.87. The lowest BCUT2D eigenvalue weighted by Crippen LogP contribution is -2.13. The Bertz CT molecular complexity index is 710. The van der Waals surface area contributed by atoms with Crippen LogP contribution in [0.3, 0.4) is 0 Å². The summed E-state index contributed by atoms with van der Waals surface area (Å²) >= 11 is 0. The fourth-order valence-corrected chi connectivity index (χ4v) is 2.32. The van der Waals surface area contributed by atoms with Gasteiger partial charge in [0.05, 0.1) is 4.90 Å². The Morgan fingerprint density at radius 1 is 1.15 bits per heavy atom. The molecule has 0 bridgehead atoms. The van der Waals surface area contributed by atoms with E-state index in [0.717, 1.165) is 11.1 Å². The molecule has 0 spiro atoms. The van der Waals surface area contributed by atoms with Crippen molar-refractivity contribution in [3.8, 4) is 5.75 Å². The second-order valence-corrected chi connectivity index (χ2v) is 6.10. The van der Waals surface area contributed by atoms with Gasteiger partial charge in [0.15, 0.2) is 0 Å². The number of aryl methyl sites for hydroxylation is 1. The molecule has 0 saturated heterocycles. The number of aromatic hydroxyl groups is 1. The third kappa shape index (κ3) is 3.49. The number of anilines is 1. The Kier molecular flexibility index (Phi) is 3.96. The van der Waals surface area contributed by atoms with Crippen molar-refractivity contribution in [2.75, 3.05) is 5.32 Å². The van der Waals surface area contributed by atoms with Crippen LogP contribution in [0.2, 0.25) is 0 Å². The van der Waals surface area contributed by atoms with Crippen LogP contribution in [0.4, 0.5) is 5.69 Å². The number of phenols is 1. The Morgan fingerprint density at radius 2 is 1.80 bits per heavy atom. The Labute approximate surface area is 118 Å². The molecule has 0 atom stereocenters. The summed E-state index contributed by atoms with van der Waals surface area (Å²) in [5.41, 5.74) is 2.61. The van der Waals surface area contributed by atoms with E-state index in [1.165, 1.54) is 12.1 Å². The maximum Gasteiger partial charge on any atom is 0.238 e. The van der Waals surface area contributed by atoms with Crippen molar-refractivity contribution in [3.05, 3.63) is 53.6 Å². The first-order chi connectivity index (χ1) is 9.36. The molecule has 2 aromatic carbocycles. The number of nitrogens with one attached hydrogen (secondary N) is 1. The van der Waals surface area contributed by atoms with Gasteiger partial charge in [-0.1, -0.05) is 18.2 Å². The number of rotatable bonds is 4. The molecule has 5 nitrogen and oxygen atoms in total. The molecule has 0 amide bonds. The molecule has 0 fully saturated rings. The molecule has 4 N–H and O–H groups in total. The maximum atomic E-state index is 11.3. The van der Waals surface area contributed by atoms with Crippen molar-refractivity contribution in [2.24, 2.45) is 5.14 Å². The first-order valence-corrected chi connectivity index (χ1v) is 7.56. The van der Waals surface area contributed by atoms with E-state index in [4.69, 9.17) is 5.14 Å². The van der Waals surface area contributed by atoms with Gasteiger partial charge in [0.25, 0.3) is 0 Å². The van der Waals surface area contributed by atoms with Gasteiger partial charge in [-0.25, -0.2) is 13.6 Å². The highest BCUT2D eigenvalue weighted by Gasteiger charge is 2.09. The number of hydrogen-bond acceptors (Lipinski definition) is 4. The lowest BCUT2D eigenvalue weighted by atomic mass is 10.1. The van der Waals surface area contributed by atoms with Crippen LogP contribution in [0, 0.1) is 6.92 Å². The normalized spacial score (nSPS) is 11.3. The molecule has 0 unspecified atom stereocenters. The van der Waals surface area contributed by atoms with Gasteiger partial charge < -0.3 is 10.4 Å². The van der Waals surface area contributed by atoms with Crippen LogP contribution in [0.1, 0.15) is 11.1 Å². The summed E-state index contributed by atoms with van der Waals surface area (Å²) < 4.78 is 22.7. The van der Waals surface area contributed by atoms with Gasteiger partial charge in [0.2, 0.25) is 10.0 Å². The molecule has 0 heterocycles. The number of primary sulfonamides is 1. The van der Waals surface area contributed by atoms with E-state index in [1.807, 2.05) is 6.92 Å². The highest BCUT2D eigenvalue weighted by atomic mass is 32.2. The molecular weight excluding hydrogens is 276 g/mol.